The zero-order valence-corrected chi connectivity index (χ0v) is 5.84. The van der Waals surface area contributed by atoms with E-state index >= 15 is 0 Å². The van der Waals surface area contributed by atoms with E-state index in [9.17, 15) is 0 Å². The van der Waals surface area contributed by atoms with Crippen molar-refractivity contribution in [2.75, 3.05) is 13.2 Å². The summed E-state index contributed by atoms with van der Waals surface area (Å²) in [6.07, 6.45) is 2.64. The first-order valence-corrected chi connectivity index (χ1v) is 3.55. The summed E-state index contributed by atoms with van der Waals surface area (Å²) in [5, 5.41) is 8.70. The molecule has 0 spiro atoms. The van der Waals surface area contributed by atoms with Gasteiger partial charge in [0.1, 0.15) is 0 Å². The molecule has 2 heteroatoms. The Bertz CT molecular complexity index is 75.0. The Morgan fingerprint density at radius 3 is 2.78 bits per heavy atom. The molecule has 0 aromatic rings. The standard InChI is InChI=1S/C7H14O2/c1-6-2-3-7(4-8)5-9-6/h6-8H,2-5H2,1H3/t6-,7?/m0/s1. The number of aliphatic hydroxyl groups is 1. The van der Waals surface area contributed by atoms with Crippen molar-refractivity contribution in [2.45, 2.75) is 25.9 Å². The van der Waals surface area contributed by atoms with Gasteiger partial charge in [0.2, 0.25) is 0 Å². The molecular formula is C7H14O2. The summed E-state index contributed by atoms with van der Waals surface area (Å²) in [4.78, 5) is 0. The van der Waals surface area contributed by atoms with Crippen LogP contribution in [0.4, 0.5) is 0 Å². The van der Waals surface area contributed by atoms with Crippen LogP contribution in [0.2, 0.25) is 0 Å². The van der Waals surface area contributed by atoms with Crippen LogP contribution in [-0.2, 0) is 4.74 Å². The third-order valence-corrected chi connectivity index (χ3v) is 1.86. The normalized spacial score (nSPS) is 36.7. The van der Waals surface area contributed by atoms with Crippen molar-refractivity contribution in [3.63, 3.8) is 0 Å². The van der Waals surface area contributed by atoms with E-state index < -0.39 is 0 Å². The van der Waals surface area contributed by atoms with Gasteiger partial charge in [0.15, 0.2) is 0 Å². The molecule has 2 atom stereocenters. The molecule has 0 bridgehead atoms. The van der Waals surface area contributed by atoms with Gasteiger partial charge in [0.25, 0.3) is 0 Å². The van der Waals surface area contributed by atoms with Crippen molar-refractivity contribution in [2.24, 2.45) is 5.92 Å². The zero-order valence-electron chi connectivity index (χ0n) is 5.84. The maximum absolute atomic E-state index is 8.70. The highest BCUT2D eigenvalue weighted by molar-refractivity contribution is 4.65. The molecule has 1 aliphatic heterocycles. The molecule has 1 rings (SSSR count). The predicted molar refractivity (Wildman–Crippen MR) is 35.2 cm³/mol. The molecule has 9 heavy (non-hydrogen) atoms. The molecule has 0 amide bonds. The molecule has 2 nitrogen and oxygen atoms in total. The molecule has 1 unspecified atom stereocenters. The molecule has 1 saturated heterocycles. The molecule has 0 aromatic carbocycles. The number of aliphatic hydroxyl groups excluding tert-OH is 1. The summed E-state index contributed by atoms with van der Waals surface area (Å²) >= 11 is 0. The highest BCUT2D eigenvalue weighted by Gasteiger charge is 2.16. The minimum Gasteiger partial charge on any atom is -0.396 e. The minimum atomic E-state index is 0.284. The fourth-order valence-corrected chi connectivity index (χ4v) is 1.08. The Balaban J connectivity index is 2.18. The Hall–Kier alpha value is -0.0800. The van der Waals surface area contributed by atoms with Crippen molar-refractivity contribution in [3.8, 4) is 0 Å². The lowest BCUT2D eigenvalue weighted by Gasteiger charge is -2.24. The zero-order chi connectivity index (χ0) is 6.69. The Labute approximate surface area is 55.8 Å². The molecule has 0 aromatic heterocycles. The summed E-state index contributed by atoms with van der Waals surface area (Å²) in [7, 11) is 0. The summed E-state index contributed by atoms with van der Waals surface area (Å²) in [6, 6.07) is 0. The van der Waals surface area contributed by atoms with Crippen molar-refractivity contribution < 1.29 is 9.84 Å². The maximum Gasteiger partial charge on any atom is 0.0547 e. The van der Waals surface area contributed by atoms with Crippen molar-refractivity contribution in [1.82, 2.24) is 0 Å². The number of hydrogen-bond donors (Lipinski definition) is 1. The van der Waals surface area contributed by atoms with E-state index in [0.717, 1.165) is 19.4 Å². The van der Waals surface area contributed by atoms with E-state index in [0.29, 0.717) is 12.0 Å². The fraction of sp³-hybridized carbons (Fsp3) is 1.00. The summed E-state index contributed by atoms with van der Waals surface area (Å²) < 4.78 is 5.32. The minimum absolute atomic E-state index is 0.284. The van der Waals surface area contributed by atoms with Gasteiger partial charge in [-0.05, 0) is 19.8 Å². The van der Waals surface area contributed by atoms with Crippen LogP contribution in [0, 0.1) is 5.92 Å². The molecule has 1 aliphatic rings. The molecule has 1 fully saturated rings. The highest BCUT2D eigenvalue weighted by atomic mass is 16.5. The van der Waals surface area contributed by atoms with Gasteiger partial charge in [0, 0.05) is 12.5 Å². The number of rotatable bonds is 1. The first kappa shape index (κ1) is 7.03. The van der Waals surface area contributed by atoms with Crippen molar-refractivity contribution >= 4 is 0 Å². The van der Waals surface area contributed by atoms with Gasteiger partial charge in [-0.25, -0.2) is 0 Å². The molecule has 0 aliphatic carbocycles. The van der Waals surface area contributed by atoms with Gasteiger partial charge < -0.3 is 9.84 Å². The smallest absolute Gasteiger partial charge is 0.0547 e. The van der Waals surface area contributed by atoms with Crippen molar-refractivity contribution in [3.05, 3.63) is 0 Å². The van der Waals surface area contributed by atoms with Gasteiger partial charge in [-0.15, -0.1) is 0 Å². The Morgan fingerprint density at radius 1 is 1.56 bits per heavy atom. The molecule has 1 heterocycles. The van der Waals surface area contributed by atoms with Crippen LogP contribution in [0.1, 0.15) is 19.8 Å². The van der Waals surface area contributed by atoms with Crippen LogP contribution in [-0.4, -0.2) is 24.4 Å². The van der Waals surface area contributed by atoms with Crippen molar-refractivity contribution in [1.29, 1.82) is 0 Å². The van der Waals surface area contributed by atoms with E-state index in [1.165, 1.54) is 0 Å². The van der Waals surface area contributed by atoms with E-state index in [-0.39, 0.29) is 6.61 Å². The monoisotopic (exact) mass is 130 g/mol. The lowest BCUT2D eigenvalue weighted by molar-refractivity contribution is -0.0202. The third-order valence-electron chi connectivity index (χ3n) is 1.86. The maximum atomic E-state index is 8.70. The SMILES string of the molecule is C[C@H]1CCC(CO)CO1. The fourth-order valence-electron chi connectivity index (χ4n) is 1.08. The number of ether oxygens (including phenoxy) is 1. The summed E-state index contributed by atoms with van der Waals surface area (Å²) in [5.41, 5.74) is 0. The third kappa shape index (κ3) is 1.95. The number of hydrogen-bond acceptors (Lipinski definition) is 2. The predicted octanol–water partition coefficient (Wildman–Crippen LogP) is 0.794. The van der Waals surface area contributed by atoms with Gasteiger partial charge in [-0.2, -0.15) is 0 Å². The lowest BCUT2D eigenvalue weighted by Crippen LogP contribution is -2.25. The van der Waals surface area contributed by atoms with Gasteiger partial charge >= 0.3 is 0 Å². The van der Waals surface area contributed by atoms with Crippen LogP contribution in [0.15, 0.2) is 0 Å². The van der Waals surface area contributed by atoms with Crippen LogP contribution in [0.25, 0.3) is 0 Å². The first-order valence-electron chi connectivity index (χ1n) is 3.55. The second kappa shape index (κ2) is 3.18. The second-order valence-electron chi connectivity index (χ2n) is 2.77. The topological polar surface area (TPSA) is 29.5 Å². The van der Waals surface area contributed by atoms with Gasteiger partial charge in [0.05, 0.1) is 12.7 Å². The summed E-state index contributed by atoms with van der Waals surface area (Å²) in [5.74, 6) is 0.404. The first-order chi connectivity index (χ1) is 4.33. The average molecular weight is 130 g/mol. The summed E-state index contributed by atoms with van der Waals surface area (Å²) in [6.45, 7) is 3.11. The quantitative estimate of drug-likeness (QED) is 0.568. The van der Waals surface area contributed by atoms with E-state index in [2.05, 4.69) is 6.92 Å². The molecular weight excluding hydrogens is 116 g/mol. The van der Waals surface area contributed by atoms with E-state index in [1.54, 1.807) is 0 Å². The Kier molecular flexibility index (Phi) is 2.49. The van der Waals surface area contributed by atoms with Crippen LogP contribution in [0.3, 0.4) is 0 Å². The van der Waals surface area contributed by atoms with Crippen LogP contribution in [0.5, 0.6) is 0 Å². The van der Waals surface area contributed by atoms with E-state index in [1.807, 2.05) is 0 Å². The molecule has 0 radical (unpaired) electrons. The largest absolute Gasteiger partial charge is 0.396 e. The molecule has 1 N–H and O–H groups in total. The average Bonchev–Trinajstić information content (AvgIpc) is 1.90. The van der Waals surface area contributed by atoms with E-state index in [4.69, 9.17) is 9.84 Å². The van der Waals surface area contributed by atoms with Crippen LogP contribution < -0.4 is 0 Å². The second-order valence-corrected chi connectivity index (χ2v) is 2.77. The van der Waals surface area contributed by atoms with Gasteiger partial charge in [-0.3, -0.25) is 0 Å². The molecule has 0 saturated carbocycles. The van der Waals surface area contributed by atoms with Crippen LogP contribution >= 0.6 is 0 Å². The highest BCUT2D eigenvalue weighted by Crippen LogP contribution is 2.17. The van der Waals surface area contributed by atoms with Gasteiger partial charge in [-0.1, -0.05) is 0 Å². The lowest BCUT2D eigenvalue weighted by atomic mass is 10.0. The Morgan fingerprint density at radius 2 is 2.33 bits per heavy atom. The molecule has 54 valence electrons.